The third-order valence-corrected chi connectivity index (χ3v) is 9.60. The minimum Gasteiger partial charge on any atom is -0.456 e. The Kier molecular flexibility index (Phi) is 5.40. The molecular formula is C40H25NOS. The highest BCUT2D eigenvalue weighted by molar-refractivity contribution is 7.25. The van der Waals surface area contributed by atoms with Crippen LogP contribution in [0.5, 0.6) is 0 Å². The van der Waals surface area contributed by atoms with Crippen molar-refractivity contribution >= 4 is 81.3 Å². The van der Waals surface area contributed by atoms with Crippen molar-refractivity contribution in [3.05, 3.63) is 152 Å². The zero-order chi connectivity index (χ0) is 28.3. The number of thiophene rings is 1. The molecule has 3 heteroatoms. The van der Waals surface area contributed by atoms with Gasteiger partial charge in [-0.25, -0.2) is 0 Å². The second-order valence-corrected chi connectivity index (χ2v) is 12.0. The molecule has 0 spiro atoms. The minimum atomic E-state index is 0.894. The summed E-state index contributed by atoms with van der Waals surface area (Å²) in [5, 5.41) is 7.27. The third-order valence-electron chi connectivity index (χ3n) is 8.46. The molecule has 9 rings (SSSR count). The highest BCUT2D eigenvalue weighted by Crippen LogP contribution is 2.47. The van der Waals surface area contributed by atoms with Gasteiger partial charge in [0.2, 0.25) is 0 Å². The highest BCUT2D eigenvalue weighted by Gasteiger charge is 2.22. The van der Waals surface area contributed by atoms with Crippen molar-refractivity contribution in [2.75, 3.05) is 4.90 Å². The molecule has 9 aromatic rings. The number of fused-ring (bicyclic) bond motifs is 7. The second-order valence-electron chi connectivity index (χ2n) is 10.9. The lowest BCUT2D eigenvalue weighted by Gasteiger charge is -2.29. The molecule has 0 radical (unpaired) electrons. The molecule has 2 heterocycles. The van der Waals surface area contributed by atoms with E-state index in [0.717, 1.165) is 39.0 Å². The fourth-order valence-electron chi connectivity index (χ4n) is 6.56. The first-order valence-electron chi connectivity index (χ1n) is 14.5. The van der Waals surface area contributed by atoms with Gasteiger partial charge in [0.25, 0.3) is 0 Å². The molecule has 0 saturated heterocycles. The molecule has 0 amide bonds. The van der Waals surface area contributed by atoms with E-state index in [1.165, 1.54) is 42.1 Å². The van der Waals surface area contributed by atoms with Crippen molar-refractivity contribution in [3.63, 3.8) is 0 Å². The monoisotopic (exact) mass is 567 g/mol. The predicted octanol–water partition coefficient (Wildman–Crippen LogP) is 12.2. The van der Waals surface area contributed by atoms with E-state index in [4.69, 9.17) is 4.42 Å². The lowest BCUT2D eigenvalue weighted by atomic mass is 9.96. The molecule has 0 atom stereocenters. The van der Waals surface area contributed by atoms with E-state index in [2.05, 4.69) is 144 Å². The standard InChI is InChI=1S/C40H25NOS/c1-2-13-28-26(11-1)12-9-19-34(28)41(27-23-24-37-33(25-27)30-15-4-7-20-36(30)42-37)35-18-6-3-14-29(35)31-17-10-22-39-40(31)32-16-5-8-21-38(32)43-39/h1-25H. The van der Waals surface area contributed by atoms with E-state index in [0.29, 0.717) is 0 Å². The maximum atomic E-state index is 6.22. The molecule has 7 aromatic carbocycles. The molecular weight excluding hydrogens is 543 g/mol. The Hall–Kier alpha value is -5.38. The SMILES string of the molecule is c1ccc(N(c2ccc3oc4ccccc4c3c2)c2cccc3ccccc23)c(-c2cccc3sc4ccccc4c23)c1. The summed E-state index contributed by atoms with van der Waals surface area (Å²) in [6.45, 7) is 0. The summed E-state index contributed by atoms with van der Waals surface area (Å²) in [6.07, 6.45) is 0. The van der Waals surface area contributed by atoms with Crippen molar-refractivity contribution in [2.24, 2.45) is 0 Å². The first kappa shape index (κ1) is 24.2. The fourth-order valence-corrected chi connectivity index (χ4v) is 7.69. The lowest BCUT2D eigenvalue weighted by Crippen LogP contribution is -2.11. The number of hydrogen-bond acceptors (Lipinski definition) is 3. The summed E-state index contributed by atoms with van der Waals surface area (Å²) in [7, 11) is 0. The van der Waals surface area contributed by atoms with Gasteiger partial charge in [0.05, 0.1) is 11.4 Å². The van der Waals surface area contributed by atoms with E-state index in [1.807, 2.05) is 23.5 Å². The van der Waals surface area contributed by atoms with Crippen LogP contribution >= 0.6 is 11.3 Å². The molecule has 43 heavy (non-hydrogen) atoms. The maximum absolute atomic E-state index is 6.22. The minimum absolute atomic E-state index is 0.894. The molecule has 0 saturated carbocycles. The summed E-state index contributed by atoms with van der Waals surface area (Å²) < 4.78 is 8.84. The first-order valence-corrected chi connectivity index (χ1v) is 15.3. The van der Waals surface area contributed by atoms with E-state index >= 15 is 0 Å². The van der Waals surface area contributed by atoms with Crippen molar-refractivity contribution in [2.45, 2.75) is 0 Å². The van der Waals surface area contributed by atoms with E-state index in [-0.39, 0.29) is 0 Å². The topological polar surface area (TPSA) is 16.4 Å². The van der Waals surface area contributed by atoms with Gasteiger partial charge in [-0.1, -0.05) is 103 Å². The summed E-state index contributed by atoms with van der Waals surface area (Å²) in [4.78, 5) is 2.42. The van der Waals surface area contributed by atoms with Gasteiger partial charge in [0.1, 0.15) is 11.2 Å². The van der Waals surface area contributed by atoms with Crippen LogP contribution in [0.25, 0.3) is 64.0 Å². The van der Waals surface area contributed by atoms with Gasteiger partial charge in [-0.15, -0.1) is 11.3 Å². The number of para-hydroxylation sites is 2. The second kappa shape index (κ2) is 9.59. The summed E-state index contributed by atoms with van der Waals surface area (Å²) >= 11 is 1.86. The van der Waals surface area contributed by atoms with E-state index in [1.54, 1.807) is 0 Å². The van der Waals surface area contributed by atoms with Crippen LogP contribution in [0.2, 0.25) is 0 Å². The number of nitrogens with zero attached hydrogens (tertiary/aromatic N) is 1. The van der Waals surface area contributed by atoms with Crippen molar-refractivity contribution < 1.29 is 4.42 Å². The van der Waals surface area contributed by atoms with Crippen molar-refractivity contribution in [1.29, 1.82) is 0 Å². The fraction of sp³-hybridized carbons (Fsp3) is 0. The number of benzene rings is 7. The Morgan fingerprint density at radius 3 is 2.05 bits per heavy atom. The van der Waals surface area contributed by atoms with Crippen LogP contribution in [0, 0.1) is 0 Å². The van der Waals surface area contributed by atoms with Crippen LogP contribution in [0.1, 0.15) is 0 Å². The van der Waals surface area contributed by atoms with E-state index < -0.39 is 0 Å². The molecule has 0 N–H and O–H groups in total. The Bertz CT molecular complexity index is 2480. The van der Waals surface area contributed by atoms with Gasteiger partial charge in [-0.05, 0) is 59.5 Å². The van der Waals surface area contributed by atoms with Gasteiger partial charge in [0.15, 0.2) is 0 Å². The molecule has 0 bridgehead atoms. The molecule has 0 aliphatic rings. The predicted molar refractivity (Wildman–Crippen MR) is 184 cm³/mol. The van der Waals surface area contributed by atoms with Crippen LogP contribution in [-0.2, 0) is 0 Å². The number of rotatable bonds is 4. The number of hydrogen-bond donors (Lipinski definition) is 0. The molecule has 0 unspecified atom stereocenters. The smallest absolute Gasteiger partial charge is 0.135 e. The lowest BCUT2D eigenvalue weighted by molar-refractivity contribution is 0.669. The summed E-state index contributed by atoms with van der Waals surface area (Å²) in [6, 6.07) is 54.4. The van der Waals surface area contributed by atoms with Crippen molar-refractivity contribution in [3.8, 4) is 11.1 Å². The van der Waals surface area contributed by atoms with Crippen LogP contribution in [0.4, 0.5) is 17.1 Å². The van der Waals surface area contributed by atoms with Gasteiger partial charge in [-0.3, -0.25) is 0 Å². The van der Waals surface area contributed by atoms with Crippen LogP contribution in [0.3, 0.4) is 0 Å². The van der Waals surface area contributed by atoms with Gasteiger partial charge in [0, 0.05) is 47.6 Å². The van der Waals surface area contributed by atoms with Gasteiger partial charge in [-0.2, -0.15) is 0 Å². The molecule has 2 aromatic heterocycles. The van der Waals surface area contributed by atoms with Gasteiger partial charge < -0.3 is 9.32 Å². The van der Waals surface area contributed by atoms with Crippen LogP contribution < -0.4 is 4.90 Å². The molecule has 2 nitrogen and oxygen atoms in total. The average Bonchev–Trinajstić information content (AvgIpc) is 3.64. The molecule has 0 aliphatic carbocycles. The first-order chi connectivity index (χ1) is 21.3. The van der Waals surface area contributed by atoms with Crippen molar-refractivity contribution in [1.82, 2.24) is 0 Å². The number of anilines is 3. The normalized spacial score (nSPS) is 11.7. The highest BCUT2D eigenvalue weighted by atomic mass is 32.1. The Morgan fingerprint density at radius 1 is 0.442 bits per heavy atom. The average molecular weight is 568 g/mol. The van der Waals surface area contributed by atoms with Crippen LogP contribution in [-0.4, -0.2) is 0 Å². The summed E-state index contributed by atoms with van der Waals surface area (Å²) in [5.41, 5.74) is 7.60. The molecule has 0 fully saturated rings. The Morgan fingerprint density at radius 2 is 1.09 bits per heavy atom. The summed E-state index contributed by atoms with van der Waals surface area (Å²) in [5.74, 6) is 0. The molecule has 0 aliphatic heterocycles. The molecule has 202 valence electrons. The Labute approximate surface area is 252 Å². The van der Waals surface area contributed by atoms with Gasteiger partial charge >= 0.3 is 0 Å². The van der Waals surface area contributed by atoms with E-state index in [9.17, 15) is 0 Å². The van der Waals surface area contributed by atoms with Crippen LogP contribution in [0.15, 0.2) is 156 Å². The largest absolute Gasteiger partial charge is 0.456 e. The quantitative estimate of drug-likeness (QED) is 0.210. The number of furan rings is 1. The zero-order valence-electron chi connectivity index (χ0n) is 23.2. The maximum Gasteiger partial charge on any atom is 0.135 e. The Balaban J connectivity index is 1.36. The third kappa shape index (κ3) is 3.79. The zero-order valence-corrected chi connectivity index (χ0v) is 24.0.